The number of carbonyl (C=O) groups excluding carboxylic acids is 1. The van der Waals surface area contributed by atoms with Gasteiger partial charge in [0.15, 0.2) is 0 Å². The Kier molecular flexibility index (Phi) is 4.69. The van der Waals surface area contributed by atoms with Crippen molar-refractivity contribution in [3.63, 3.8) is 0 Å². The second-order valence-corrected chi connectivity index (χ2v) is 7.65. The maximum absolute atomic E-state index is 12.8. The van der Waals surface area contributed by atoms with Crippen LogP contribution < -0.4 is 4.74 Å². The fourth-order valence-electron chi connectivity index (χ4n) is 4.54. The third-order valence-electron chi connectivity index (χ3n) is 6.19. The van der Waals surface area contributed by atoms with Crippen LogP contribution in [0.15, 0.2) is 24.3 Å². The standard InChI is InChI=1S/C20H28N2O3/c1-25-15-7-5-14(6-8-15)16-13-17(16)20(24)22-11-9-21(10-12-22)18-3-2-4-19(18)23/h5-8,16-19,23H,2-4,9-13H2,1H3. The van der Waals surface area contributed by atoms with E-state index in [9.17, 15) is 9.90 Å². The number of amides is 1. The van der Waals surface area contributed by atoms with Crippen LogP contribution in [-0.2, 0) is 4.79 Å². The first-order valence-corrected chi connectivity index (χ1v) is 9.52. The van der Waals surface area contributed by atoms with E-state index in [1.807, 2.05) is 17.0 Å². The summed E-state index contributed by atoms with van der Waals surface area (Å²) >= 11 is 0. The predicted octanol–water partition coefficient (Wildman–Crippen LogP) is 1.86. The Labute approximate surface area is 149 Å². The van der Waals surface area contributed by atoms with Crippen LogP contribution in [0.4, 0.5) is 0 Å². The summed E-state index contributed by atoms with van der Waals surface area (Å²) in [6, 6.07) is 8.42. The van der Waals surface area contributed by atoms with E-state index in [1.165, 1.54) is 5.56 Å². The van der Waals surface area contributed by atoms with Gasteiger partial charge in [-0.2, -0.15) is 0 Å². The molecule has 1 amide bonds. The molecule has 0 spiro atoms. The van der Waals surface area contributed by atoms with Crippen molar-refractivity contribution in [3.8, 4) is 5.75 Å². The second kappa shape index (κ2) is 6.96. The minimum atomic E-state index is -0.176. The third kappa shape index (κ3) is 3.40. The predicted molar refractivity (Wildman–Crippen MR) is 95.6 cm³/mol. The fourth-order valence-corrected chi connectivity index (χ4v) is 4.54. The quantitative estimate of drug-likeness (QED) is 0.906. The van der Waals surface area contributed by atoms with Crippen molar-refractivity contribution in [1.29, 1.82) is 0 Å². The lowest BCUT2D eigenvalue weighted by Gasteiger charge is -2.39. The monoisotopic (exact) mass is 344 g/mol. The minimum absolute atomic E-state index is 0.150. The number of hydrogen-bond donors (Lipinski definition) is 1. The first-order chi connectivity index (χ1) is 12.2. The van der Waals surface area contributed by atoms with Crippen molar-refractivity contribution in [2.75, 3.05) is 33.3 Å². The summed E-state index contributed by atoms with van der Waals surface area (Å²) in [6.07, 6.45) is 3.93. The zero-order valence-electron chi connectivity index (χ0n) is 14.9. The summed E-state index contributed by atoms with van der Waals surface area (Å²) < 4.78 is 5.20. The molecule has 5 heteroatoms. The maximum Gasteiger partial charge on any atom is 0.226 e. The zero-order chi connectivity index (χ0) is 17.4. The molecule has 4 rings (SSSR count). The van der Waals surface area contributed by atoms with Crippen LogP contribution in [0.1, 0.15) is 37.2 Å². The van der Waals surface area contributed by atoms with Gasteiger partial charge in [-0.3, -0.25) is 9.69 Å². The van der Waals surface area contributed by atoms with E-state index in [-0.39, 0.29) is 12.0 Å². The number of ether oxygens (including phenoxy) is 1. The van der Waals surface area contributed by atoms with Crippen LogP contribution in [0.2, 0.25) is 0 Å². The molecule has 1 saturated heterocycles. The van der Waals surface area contributed by atoms with E-state index in [1.54, 1.807) is 7.11 Å². The summed E-state index contributed by atoms with van der Waals surface area (Å²) in [4.78, 5) is 17.2. The molecule has 3 aliphatic rings. The molecule has 1 aromatic rings. The maximum atomic E-state index is 12.8. The molecule has 1 aromatic carbocycles. The molecule has 3 fully saturated rings. The highest BCUT2D eigenvalue weighted by Gasteiger charge is 2.46. The summed E-state index contributed by atoms with van der Waals surface area (Å²) in [5.41, 5.74) is 1.24. The van der Waals surface area contributed by atoms with E-state index >= 15 is 0 Å². The third-order valence-corrected chi connectivity index (χ3v) is 6.19. The van der Waals surface area contributed by atoms with Gasteiger partial charge in [-0.25, -0.2) is 0 Å². The number of hydrogen-bond acceptors (Lipinski definition) is 4. The Morgan fingerprint density at radius 2 is 1.84 bits per heavy atom. The van der Waals surface area contributed by atoms with Crippen molar-refractivity contribution in [2.24, 2.45) is 5.92 Å². The Bertz CT molecular complexity index is 610. The number of methoxy groups -OCH3 is 1. The van der Waals surface area contributed by atoms with E-state index < -0.39 is 0 Å². The SMILES string of the molecule is COc1ccc(C2CC2C(=O)N2CCN(C3CCCC3O)CC2)cc1. The van der Waals surface area contributed by atoms with Gasteiger partial charge in [0, 0.05) is 38.1 Å². The van der Waals surface area contributed by atoms with Crippen LogP contribution in [0.5, 0.6) is 5.75 Å². The van der Waals surface area contributed by atoms with Crippen molar-refractivity contribution < 1.29 is 14.6 Å². The molecule has 0 radical (unpaired) electrons. The van der Waals surface area contributed by atoms with Gasteiger partial charge in [-0.1, -0.05) is 12.1 Å². The molecule has 4 unspecified atom stereocenters. The van der Waals surface area contributed by atoms with Crippen molar-refractivity contribution in [2.45, 2.75) is 43.7 Å². The molecule has 5 nitrogen and oxygen atoms in total. The number of piperazine rings is 1. The van der Waals surface area contributed by atoms with Gasteiger partial charge in [0.1, 0.15) is 5.75 Å². The average molecular weight is 344 g/mol. The van der Waals surface area contributed by atoms with Crippen molar-refractivity contribution in [1.82, 2.24) is 9.80 Å². The minimum Gasteiger partial charge on any atom is -0.497 e. The molecule has 1 N–H and O–H groups in total. The highest BCUT2D eigenvalue weighted by atomic mass is 16.5. The second-order valence-electron chi connectivity index (χ2n) is 7.65. The van der Waals surface area contributed by atoms with Gasteiger partial charge < -0.3 is 14.7 Å². The average Bonchev–Trinajstić information content (AvgIpc) is 3.35. The largest absolute Gasteiger partial charge is 0.497 e. The smallest absolute Gasteiger partial charge is 0.226 e. The number of rotatable bonds is 4. The van der Waals surface area contributed by atoms with Gasteiger partial charge in [0.2, 0.25) is 5.91 Å². The Hall–Kier alpha value is -1.59. The Balaban J connectivity index is 1.29. The lowest BCUT2D eigenvalue weighted by atomic mass is 10.1. The lowest BCUT2D eigenvalue weighted by molar-refractivity contribution is -0.135. The topological polar surface area (TPSA) is 53.0 Å². The highest BCUT2D eigenvalue weighted by Crippen LogP contribution is 2.48. The Morgan fingerprint density at radius 3 is 2.44 bits per heavy atom. The van der Waals surface area contributed by atoms with Gasteiger partial charge in [0.05, 0.1) is 13.2 Å². The van der Waals surface area contributed by atoms with E-state index in [4.69, 9.17) is 4.74 Å². The van der Waals surface area contributed by atoms with Crippen LogP contribution in [0.3, 0.4) is 0 Å². The Morgan fingerprint density at radius 1 is 1.12 bits per heavy atom. The van der Waals surface area contributed by atoms with Crippen molar-refractivity contribution >= 4 is 5.91 Å². The van der Waals surface area contributed by atoms with Gasteiger partial charge in [0.25, 0.3) is 0 Å². The molecule has 0 aromatic heterocycles. The molecular weight excluding hydrogens is 316 g/mol. The fraction of sp³-hybridized carbons (Fsp3) is 0.650. The lowest BCUT2D eigenvalue weighted by Crippen LogP contribution is -2.54. The number of nitrogens with zero attached hydrogens (tertiary/aromatic N) is 2. The first kappa shape index (κ1) is 16.9. The molecule has 25 heavy (non-hydrogen) atoms. The molecule has 1 aliphatic heterocycles. The molecular formula is C20H28N2O3. The van der Waals surface area contributed by atoms with E-state index in [0.29, 0.717) is 17.9 Å². The number of carbonyl (C=O) groups is 1. The summed E-state index contributed by atoms with van der Waals surface area (Å²) in [7, 11) is 1.67. The van der Waals surface area contributed by atoms with Gasteiger partial charge >= 0.3 is 0 Å². The number of aliphatic hydroxyl groups excluding tert-OH is 1. The molecule has 136 valence electrons. The number of benzene rings is 1. The molecule has 4 atom stereocenters. The van der Waals surface area contributed by atoms with Crippen LogP contribution in [0, 0.1) is 5.92 Å². The van der Waals surface area contributed by atoms with Crippen molar-refractivity contribution in [3.05, 3.63) is 29.8 Å². The summed E-state index contributed by atoms with van der Waals surface area (Å²) in [5, 5.41) is 10.1. The number of aliphatic hydroxyl groups is 1. The van der Waals surface area contributed by atoms with Gasteiger partial charge in [-0.15, -0.1) is 0 Å². The van der Waals surface area contributed by atoms with Gasteiger partial charge in [-0.05, 0) is 49.3 Å². The molecule has 1 heterocycles. The van der Waals surface area contributed by atoms with E-state index in [2.05, 4.69) is 17.0 Å². The van der Waals surface area contributed by atoms with Crippen LogP contribution in [0.25, 0.3) is 0 Å². The molecule has 2 saturated carbocycles. The van der Waals surface area contributed by atoms with Crippen LogP contribution in [-0.4, -0.2) is 66.2 Å². The molecule has 2 aliphatic carbocycles. The highest BCUT2D eigenvalue weighted by molar-refractivity contribution is 5.83. The molecule has 0 bridgehead atoms. The zero-order valence-corrected chi connectivity index (χ0v) is 14.9. The van der Waals surface area contributed by atoms with Crippen LogP contribution >= 0.6 is 0 Å². The van der Waals surface area contributed by atoms with E-state index in [0.717, 1.165) is 57.6 Å². The summed E-state index contributed by atoms with van der Waals surface area (Å²) in [6.45, 7) is 3.39. The normalized spacial score (nSPS) is 32.6. The summed E-state index contributed by atoms with van der Waals surface area (Å²) in [5.74, 6) is 1.69. The first-order valence-electron chi connectivity index (χ1n) is 9.52.